The van der Waals surface area contributed by atoms with Gasteiger partial charge in [-0.1, -0.05) is 29.5 Å². The van der Waals surface area contributed by atoms with E-state index < -0.39 is 6.10 Å². The number of carbonyl (C=O) groups excluding carboxylic acids is 1. The molecule has 3 nitrogen and oxygen atoms in total. The lowest BCUT2D eigenvalue weighted by Crippen LogP contribution is -2.62. The van der Waals surface area contributed by atoms with E-state index in [1.165, 1.54) is 0 Å². The molecule has 0 spiro atoms. The highest BCUT2D eigenvalue weighted by Gasteiger charge is 2.36. The van der Waals surface area contributed by atoms with Gasteiger partial charge < -0.3 is 10.4 Å². The molecule has 1 unspecified atom stereocenters. The normalized spacial score (nSPS) is 32.5. The van der Waals surface area contributed by atoms with Gasteiger partial charge in [-0.2, -0.15) is 0 Å². The number of carbonyl (C=O) groups is 1. The van der Waals surface area contributed by atoms with Crippen molar-refractivity contribution >= 4 is 28.5 Å². The monoisotopic (exact) mass is 269 g/mol. The topological polar surface area (TPSA) is 49.3 Å². The van der Waals surface area contributed by atoms with Crippen LogP contribution in [0.1, 0.15) is 19.8 Å². The second kappa shape index (κ2) is 3.71. The lowest BCUT2D eigenvalue weighted by molar-refractivity contribution is -0.142. The van der Waals surface area contributed by atoms with Crippen molar-refractivity contribution in [1.82, 2.24) is 5.32 Å². The zero-order chi connectivity index (χ0) is 8.43. The van der Waals surface area contributed by atoms with Gasteiger partial charge in [-0.25, -0.2) is 0 Å². The van der Waals surface area contributed by atoms with E-state index in [9.17, 15) is 4.79 Å². The first-order valence-corrected chi connectivity index (χ1v) is 4.98. The van der Waals surface area contributed by atoms with Gasteiger partial charge in [-0.3, -0.25) is 4.79 Å². The Morgan fingerprint density at radius 2 is 2.45 bits per heavy atom. The van der Waals surface area contributed by atoms with Crippen LogP contribution in [0.2, 0.25) is 0 Å². The summed E-state index contributed by atoms with van der Waals surface area (Å²) in [7, 11) is 0. The molecular formula is C7H12INO2. The predicted octanol–water partition coefficient (Wildman–Crippen LogP) is 0.449. The molecule has 1 amide bonds. The van der Waals surface area contributed by atoms with Crippen molar-refractivity contribution in [3.8, 4) is 0 Å². The summed E-state index contributed by atoms with van der Waals surface area (Å²) in [5.74, 6) is -0.226. The number of aliphatic hydroxyl groups excluding tert-OH is 1. The number of β-lactam (4-membered cyclic amide) rings is 1. The van der Waals surface area contributed by atoms with Gasteiger partial charge in [0.05, 0.1) is 6.04 Å². The van der Waals surface area contributed by atoms with Gasteiger partial charge >= 0.3 is 0 Å². The molecule has 3 atom stereocenters. The lowest BCUT2D eigenvalue weighted by atomic mass is 9.97. The molecule has 64 valence electrons. The number of hydrogen-bond donors (Lipinski definition) is 2. The number of aliphatic hydroxyl groups is 1. The second-order valence-electron chi connectivity index (χ2n) is 2.92. The average Bonchev–Trinajstić information content (AvgIpc) is 1.96. The molecule has 1 rings (SSSR count). The third-order valence-electron chi connectivity index (χ3n) is 1.85. The molecule has 11 heavy (non-hydrogen) atoms. The molecule has 1 heterocycles. The van der Waals surface area contributed by atoms with E-state index in [4.69, 9.17) is 5.11 Å². The molecule has 4 heteroatoms. The van der Waals surface area contributed by atoms with Crippen LogP contribution in [0.5, 0.6) is 0 Å². The van der Waals surface area contributed by atoms with Gasteiger partial charge in [0.1, 0.15) is 0 Å². The van der Waals surface area contributed by atoms with Crippen LogP contribution in [0, 0.1) is 0 Å². The number of amides is 1. The first kappa shape index (κ1) is 9.25. The highest BCUT2D eigenvalue weighted by atomic mass is 127. The first-order chi connectivity index (χ1) is 5.11. The summed E-state index contributed by atoms with van der Waals surface area (Å²) < 4.78 is 0.609. The Balaban J connectivity index is 2.15. The van der Waals surface area contributed by atoms with E-state index in [0.717, 1.165) is 12.8 Å². The van der Waals surface area contributed by atoms with Crippen molar-refractivity contribution < 1.29 is 9.90 Å². The Bertz CT molecular complexity index is 161. The quantitative estimate of drug-likeness (QED) is 0.444. The number of alkyl halides is 1. The summed E-state index contributed by atoms with van der Waals surface area (Å²) in [6, 6.07) is 0.0136. The van der Waals surface area contributed by atoms with Crippen LogP contribution in [0.4, 0.5) is 0 Å². The van der Waals surface area contributed by atoms with E-state index in [2.05, 4.69) is 34.8 Å². The number of rotatable bonds is 3. The van der Waals surface area contributed by atoms with E-state index in [0.29, 0.717) is 3.92 Å². The first-order valence-electron chi connectivity index (χ1n) is 3.74. The maximum atomic E-state index is 10.5. The fourth-order valence-corrected chi connectivity index (χ4v) is 1.43. The molecule has 0 aliphatic carbocycles. The van der Waals surface area contributed by atoms with Gasteiger partial charge in [0.25, 0.3) is 5.91 Å². The van der Waals surface area contributed by atoms with Gasteiger partial charge in [-0.15, -0.1) is 0 Å². The van der Waals surface area contributed by atoms with Crippen molar-refractivity contribution in [2.45, 2.75) is 35.8 Å². The molecule has 0 aromatic heterocycles. The number of halogens is 1. The standard InChI is InChI=1S/C7H12INO2/c1-4(8)2-3-5-6(10)7(11)9-5/h4-6,10H,2-3H2,1H3,(H,9,11)/t4?,5-,6+/m0/s1. The Kier molecular flexibility index (Phi) is 3.12. The van der Waals surface area contributed by atoms with Gasteiger partial charge in [0.2, 0.25) is 0 Å². The summed E-state index contributed by atoms with van der Waals surface area (Å²) in [5, 5.41) is 11.7. The van der Waals surface area contributed by atoms with Crippen molar-refractivity contribution in [2.24, 2.45) is 0 Å². The van der Waals surface area contributed by atoms with Gasteiger partial charge in [0.15, 0.2) is 6.10 Å². The smallest absolute Gasteiger partial charge is 0.251 e. The molecule has 1 aliphatic heterocycles. The minimum Gasteiger partial charge on any atom is -0.381 e. The maximum Gasteiger partial charge on any atom is 0.251 e. The molecule has 1 fully saturated rings. The predicted molar refractivity (Wildman–Crippen MR) is 50.7 cm³/mol. The van der Waals surface area contributed by atoms with E-state index in [1.54, 1.807) is 0 Å². The molecule has 0 aromatic rings. The Morgan fingerprint density at radius 3 is 2.82 bits per heavy atom. The summed E-state index contributed by atoms with van der Waals surface area (Å²) in [4.78, 5) is 10.5. The molecule has 0 radical (unpaired) electrons. The van der Waals surface area contributed by atoms with Crippen LogP contribution < -0.4 is 5.32 Å². The maximum absolute atomic E-state index is 10.5. The number of nitrogens with one attached hydrogen (secondary N) is 1. The lowest BCUT2D eigenvalue weighted by Gasteiger charge is -2.33. The molecule has 0 aromatic carbocycles. The third-order valence-corrected chi connectivity index (χ3v) is 2.48. The van der Waals surface area contributed by atoms with Gasteiger partial charge in [0, 0.05) is 3.92 Å². The Hall–Kier alpha value is 0.160. The number of hydrogen-bond acceptors (Lipinski definition) is 2. The zero-order valence-corrected chi connectivity index (χ0v) is 8.54. The van der Waals surface area contributed by atoms with Crippen LogP contribution in [0.3, 0.4) is 0 Å². The minimum absolute atomic E-state index is 0.0136. The SMILES string of the molecule is CC(I)CC[C@@H]1NC(=O)[C@@H]1O. The fraction of sp³-hybridized carbons (Fsp3) is 0.857. The zero-order valence-electron chi connectivity index (χ0n) is 6.38. The summed E-state index contributed by atoms with van der Waals surface area (Å²) in [5.41, 5.74) is 0. The van der Waals surface area contributed by atoms with Gasteiger partial charge in [-0.05, 0) is 12.8 Å². The van der Waals surface area contributed by atoms with Crippen LogP contribution >= 0.6 is 22.6 Å². The van der Waals surface area contributed by atoms with Crippen molar-refractivity contribution in [3.63, 3.8) is 0 Å². The summed E-state index contributed by atoms with van der Waals surface area (Å²) in [6.45, 7) is 2.12. The highest BCUT2D eigenvalue weighted by molar-refractivity contribution is 14.1. The van der Waals surface area contributed by atoms with Crippen LogP contribution in [0.25, 0.3) is 0 Å². The second-order valence-corrected chi connectivity index (χ2v) is 5.04. The molecule has 1 aliphatic rings. The van der Waals surface area contributed by atoms with Crippen LogP contribution in [-0.4, -0.2) is 27.1 Å². The van der Waals surface area contributed by atoms with Crippen molar-refractivity contribution in [3.05, 3.63) is 0 Å². The largest absolute Gasteiger partial charge is 0.381 e. The van der Waals surface area contributed by atoms with Crippen LogP contribution in [0.15, 0.2) is 0 Å². The Morgan fingerprint density at radius 1 is 1.82 bits per heavy atom. The minimum atomic E-state index is -0.745. The third kappa shape index (κ3) is 2.30. The van der Waals surface area contributed by atoms with Crippen molar-refractivity contribution in [1.29, 1.82) is 0 Å². The summed E-state index contributed by atoms with van der Waals surface area (Å²) >= 11 is 2.33. The molecular weight excluding hydrogens is 257 g/mol. The molecule has 1 saturated heterocycles. The van der Waals surface area contributed by atoms with E-state index in [1.807, 2.05) is 0 Å². The molecule has 0 saturated carbocycles. The molecule has 0 bridgehead atoms. The Labute approximate surface area is 79.7 Å². The van der Waals surface area contributed by atoms with Crippen LogP contribution in [-0.2, 0) is 4.79 Å². The average molecular weight is 269 g/mol. The van der Waals surface area contributed by atoms with E-state index in [-0.39, 0.29) is 11.9 Å². The summed E-state index contributed by atoms with van der Waals surface area (Å²) in [6.07, 6.45) is 1.18. The fourth-order valence-electron chi connectivity index (χ4n) is 1.07. The van der Waals surface area contributed by atoms with E-state index >= 15 is 0 Å². The molecule has 2 N–H and O–H groups in total. The van der Waals surface area contributed by atoms with Crippen molar-refractivity contribution in [2.75, 3.05) is 0 Å². The highest BCUT2D eigenvalue weighted by Crippen LogP contribution is 2.16.